The molecule has 2 aromatic rings. The van der Waals surface area contributed by atoms with Gasteiger partial charge in [-0.1, -0.05) is 35.3 Å². The van der Waals surface area contributed by atoms with Gasteiger partial charge in [0, 0.05) is 30.8 Å². The summed E-state index contributed by atoms with van der Waals surface area (Å²) < 4.78 is 0. The van der Waals surface area contributed by atoms with Crippen molar-refractivity contribution < 1.29 is 14.7 Å². The van der Waals surface area contributed by atoms with Crippen LogP contribution in [0.4, 0.5) is 0 Å². The Bertz CT molecular complexity index is 945. The molecule has 4 rings (SSSR count). The Morgan fingerprint density at radius 1 is 1.07 bits per heavy atom. The first-order valence-electron chi connectivity index (χ1n) is 9.26. The smallest absolute Gasteiger partial charge is 0.254 e. The van der Waals surface area contributed by atoms with Crippen molar-refractivity contribution in [3.05, 3.63) is 68.7 Å². The minimum Gasteiger partial charge on any atom is -0.394 e. The van der Waals surface area contributed by atoms with Gasteiger partial charge in [0.25, 0.3) is 11.8 Å². The average Bonchev–Trinajstić information content (AvgIpc) is 2.68. The molecule has 2 heterocycles. The summed E-state index contributed by atoms with van der Waals surface area (Å²) in [6.45, 7) is 1.57. The summed E-state index contributed by atoms with van der Waals surface area (Å²) in [5, 5.41) is 10.2. The summed E-state index contributed by atoms with van der Waals surface area (Å²) in [6.07, 6.45) is 1.51. The summed E-state index contributed by atoms with van der Waals surface area (Å²) in [6, 6.07) is 10.4. The Morgan fingerprint density at radius 3 is 2.57 bits per heavy atom. The van der Waals surface area contributed by atoms with Gasteiger partial charge in [-0.05, 0) is 48.2 Å². The lowest BCUT2D eigenvalue weighted by Crippen LogP contribution is -2.53. The van der Waals surface area contributed by atoms with Crippen LogP contribution < -0.4 is 0 Å². The molecule has 5 nitrogen and oxygen atoms in total. The van der Waals surface area contributed by atoms with Crippen molar-refractivity contribution in [1.29, 1.82) is 0 Å². The summed E-state index contributed by atoms with van der Waals surface area (Å²) in [4.78, 5) is 29.4. The minimum absolute atomic E-state index is 0.0251. The number of aliphatic hydroxyl groups excluding tert-OH is 1. The van der Waals surface area contributed by atoms with E-state index in [2.05, 4.69) is 0 Å². The van der Waals surface area contributed by atoms with Gasteiger partial charge in [0.1, 0.15) is 0 Å². The molecule has 1 atom stereocenters. The maximum Gasteiger partial charge on any atom is 0.254 e. The van der Waals surface area contributed by atoms with Gasteiger partial charge >= 0.3 is 0 Å². The Morgan fingerprint density at radius 2 is 1.89 bits per heavy atom. The van der Waals surface area contributed by atoms with E-state index in [1.54, 1.807) is 34.1 Å². The van der Waals surface area contributed by atoms with E-state index in [4.69, 9.17) is 23.2 Å². The number of aliphatic hydroxyl groups is 1. The van der Waals surface area contributed by atoms with Crippen LogP contribution in [0.15, 0.2) is 36.4 Å². The van der Waals surface area contributed by atoms with Crippen LogP contribution in [0.25, 0.3) is 0 Å². The number of likely N-dealkylation sites (tertiary alicyclic amines) is 1. The molecule has 1 saturated heterocycles. The van der Waals surface area contributed by atoms with E-state index >= 15 is 0 Å². The van der Waals surface area contributed by atoms with Gasteiger partial charge in [-0.3, -0.25) is 9.59 Å². The zero-order valence-corrected chi connectivity index (χ0v) is 16.7. The Balaban J connectivity index is 1.60. The number of nitrogens with zero attached hydrogens (tertiary/aromatic N) is 2. The monoisotopic (exact) mass is 418 g/mol. The van der Waals surface area contributed by atoms with Crippen molar-refractivity contribution >= 4 is 35.0 Å². The zero-order valence-electron chi connectivity index (χ0n) is 15.2. The average molecular weight is 419 g/mol. The number of carbonyl (C=O) groups excluding carboxylic acids is 2. The molecule has 2 aliphatic heterocycles. The standard InChI is InChI=1S/C21H20Cl2N2O3/c22-18-5-4-14(10-19(18)23)20(27)24-8-6-13-2-1-3-16(17(13)11-24)21(28)25-9-7-15(25)12-26/h1-5,10,15,26H,6-9,11-12H2. The highest BCUT2D eigenvalue weighted by Gasteiger charge is 2.34. The molecule has 7 heteroatoms. The molecule has 2 aromatic carbocycles. The molecule has 146 valence electrons. The Labute approximate surface area is 173 Å². The van der Waals surface area contributed by atoms with Gasteiger partial charge < -0.3 is 14.9 Å². The van der Waals surface area contributed by atoms with Crippen LogP contribution in [0.1, 0.15) is 38.3 Å². The van der Waals surface area contributed by atoms with Gasteiger partial charge in [0.2, 0.25) is 0 Å². The fourth-order valence-electron chi connectivity index (χ4n) is 3.82. The van der Waals surface area contributed by atoms with Gasteiger partial charge in [-0.25, -0.2) is 0 Å². The van der Waals surface area contributed by atoms with Crippen molar-refractivity contribution in [1.82, 2.24) is 9.80 Å². The molecule has 0 spiro atoms. The van der Waals surface area contributed by atoms with E-state index < -0.39 is 0 Å². The fraction of sp³-hybridized carbons (Fsp3) is 0.333. The minimum atomic E-state index is -0.136. The fourth-order valence-corrected chi connectivity index (χ4v) is 4.12. The number of halogens is 2. The molecule has 2 amide bonds. The molecule has 2 aliphatic rings. The number of benzene rings is 2. The second-order valence-corrected chi connectivity index (χ2v) is 7.99. The van der Waals surface area contributed by atoms with Gasteiger partial charge in [0.15, 0.2) is 0 Å². The van der Waals surface area contributed by atoms with Crippen LogP contribution in [0, 0.1) is 0 Å². The highest BCUT2D eigenvalue weighted by atomic mass is 35.5. The molecule has 1 N–H and O–H groups in total. The predicted octanol–water partition coefficient (Wildman–Crippen LogP) is 3.40. The lowest BCUT2D eigenvalue weighted by Gasteiger charge is -2.41. The topological polar surface area (TPSA) is 60.9 Å². The maximum atomic E-state index is 13.0. The predicted molar refractivity (Wildman–Crippen MR) is 108 cm³/mol. The molecule has 28 heavy (non-hydrogen) atoms. The van der Waals surface area contributed by atoms with Crippen LogP contribution >= 0.6 is 23.2 Å². The Kier molecular flexibility index (Phi) is 5.32. The maximum absolute atomic E-state index is 13.0. The van der Waals surface area contributed by atoms with Gasteiger partial charge in [-0.2, -0.15) is 0 Å². The van der Waals surface area contributed by atoms with Crippen molar-refractivity contribution in [3.63, 3.8) is 0 Å². The summed E-state index contributed by atoms with van der Waals surface area (Å²) in [7, 11) is 0. The van der Waals surface area contributed by atoms with Crippen molar-refractivity contribution in [2.75, 3.05) is 19.7 Å². The van der Waals surface area contributed by atoms with Gasteiger partial charge in [-0.15, -0.1) is 0 Å². The normalized spacial score (nSPS) is 18.5. The molecule has 0 aliphatic carbocycles. The van der Waals surface area contributed by atoms with E-state index in [1.165, 1.54) is 0 Å². The third-order valence-corrected chi connectivity index (χ3v) is 6.31. The van der Waals surface area contributed by atoms with Crippen LogP contribution in [0.3, 0.4) is 0 Å². The Hall–Kier alpha value is -2.08. The third-order valence-electron chi connectivity index (χ3n) is 5.57. The number of fused-ring (bicyclic) bond motifs is 1. The number of rotatable bonds is 3. The molecule has 1 fully saturated rings. The molecule has 0 bridgehead atoms. The van der Waals surface area contributed by atoms with E-state index in [1.807, 2.05) is 12.1 Å². The third kappa shape index (κ3) is 3.39. The summed E-state index contributed by atoms with van der Waals surface area (Å²) >= 11 is 12.0. The number of hydrogen-bond acceptors (Lipinski definition) is 3. The van der Waals surface area contributed by atoms with Crippen molar-refractivity contribution in [2.45, 2.75) is 25.4 Å². The summed E-state index contributed by atoms with van der Waals surface area (Å²) in [5.41, 5.74) is 3.06. The first-order valence-corrected chi connectivity index (χ1v) is 10.0. The first-order chi connectivity index (χ1) is 13.5. The van der Waals surface area contributed by atoms with E-state index in [9.17, 15) is 14.7 Å². The van der Waals surface area contributed by atoms with Crippen molar-refractivity contribution in [3.8, 4) is 0 Å². The molecule has 0 saturated carbocycles. The zero-order chi connectivity index (χ0) is 19.8. The largest absolute Gasteiger partial charge is 0.394 e. The van der Waals surface area contributed by atoms with Crippen LogP contribution in [-0.4, -0.2) is 52.5 Å². The molecular weight excluding hydrogens is 399 g/mol. The lowest BCUT2D eigenvalue weighted by atomic mass is 9.92. The van der Waals surface area contributed by atoms with Crippen LogP contribution in [0.5, 0.6) is 0 Å². The molecule has 0 aromatic heterocycles. The highest BCUT2D eigenvalue weighted by Crippen LogP contribution is 2.29. The molecule has 1 unspecified atom stereocenters. The highest BCUT2D eigenvalue weighted by molar-refractivity contribution is 6.42. The second kappa shape index (κ2) is 7.74. The molecule has 0 radical (unpaired) electrons. The van der Waals surface area contributed by atoms with E-state index in [0.29, 0.717) is 47.2 Å². The quantitative estimate of drug-likeness (QED) is 0.830. The van der Waals surface area contributed by atoms with Crippen LogP contribution in [0.2, 0.25) is 10.0 Å². The molecular formula is C21H20Cl2N2O3. The number of carbonyl (C=O) groups is 2. The number of amides is 2. The van der Waals surface area contributed by atoms with Gasteiger partial charge in [0.05, 0.1) is 22.7 Å². The lowest BCUT2D eigenvalue weighted by molar-refractivity contribution is 0.0293. The van der Waals surface area contributed by atoms with E-state index in [0.717, 1.165) is 17.5 Å². The summed E-state index contributed by atoms with van der Waals surface area (Å²) in [5.74, 6) is -0.213. The van der Waals surface area contributed by atoms with Crippen molar-refractivity contribution in [2.24, 2.45) is 0 Å². The second-order valence-electron chi connectivity index (χ2n) is 7.17. The van der Waals surface area contributed by atoms with Crippen LogP contribution in [-0.2, 0) is 13.0 Å². The first kappa shape index (κ1) is 19.2. The number of hydrogen-bond donors (Lipinski definition) is 1. The van der Waals surface area contributed by atoms with E-state index in [-0.39, 0.29) is 24.5 Å². The SMILES string of the molecule is O=C(c1ccc(Cl)c(Cl)c1)N1CCc2cccc(C(=O)N3CCC3CO)c2C1.